The second kappa shape index (κ2) is 8.03. The lowest BCUT2D eigenvalue weighted by Gasteiger charge is -2.39. The first-order valence-corrected chi connectivity index (χ1v) is 10.6. The molecule has 0 radical (unpaired) electrons. The quantitative estimate of drug-likeness (QED) is 0.630. The van der Waals surface area contributed by atoms with Gasteiger partial charge in [0.15, 0.2) is 0 Å². The monoisotopic (exact) mass is 400 g/mol. The molecular weight excluding hydrogens is 377 g/mol. The average molecular weight is 400 g/mol. The summed E-state index contributed by atoms with van der Waals surface area (Å²) in [6.45, 7) is 2.46. The van der Waals surface area contributed by atoms with Gasteiger partial charge < -0.3 is 15.2 Å². The molecule has 28 heavy (non-hydrogen) atoms. The fourth-order valence-corrected chi connectivity index (χ4v) is 4.56. The van der Waals surface area contributed by atoms with Crippen LogP contribution in [0.3, 0.4) is 0 Å². The van der Waals surface area contributed by atoms with Crippen LogP contribution < -0.4 is 5.73 Å². The van der Waals surface area contributed by atoms with E-state index in [0.29, 0.717) is 6.04 Å². The van der Waals surface area contributed by atoms with Crippen molar-refractivity contribution >= 4 is 22.8 Å². The molecule has 1 saturated heterocycles. The van der Waals surface area contributed by atoms with Crippen LogP contribution >= 0.6 is 0 Å². The molecule has 148 valence electrons. The third-order valence-corrected chi connectivity index (χ3v) is 6.16. The minimum atomic E-state index is -2.01. The fourth-order valence-electron chi connectivity index (χ4n) is 4.00. The highest BCUT2D eigenvalue weighted by atomic mass is 32.2. The van der Waals surface area contributed by atoms with Gasteiger partial charge in [-0.3, -0.25) is 9.11 Å². The molecule has 0 bridgehead atoms. The molecule has 2 aromatic rings. The summed E-state index contributed by atoms with van der Waals surface area (Å²) in [5.41, 5.74) is 10.2. The highest BCUT2D eigenvalue weighted by Crippen LogP contribution is 2.30. The Hall–Kier alpha value is -2.22. The van der Waals surface area contributed by atoms with Gasteiger partial charge in [0.05, 0.1) is 11.6 Å². The van der Waals surface area contributed by atoms with E-state index in [1.807, 2.05) is 4.90 Å². The van der Waals surface area contributed by atoms with Crippen molar-refractivity contribution in [2.45, 2.75) is 25.4 Å². The maximum Gasteiger partial charge on any atom is 0.146 e. The Labute approximate surface area is 166 Å². The van der Waals surface area contributed by atoms with Crippen LogP contribution in [0, 0.1) is 5.82 Å². The standard InChI is InChI=1S/C21H24FN3O2S/c22-20-4-3-16(12-21(20)23)15-1-2-18-13-25(10-5-17(18)11-15)19-6-8-24(9-7-19)14-28(26)27/h1-5,10-12,19H,6-9,13-14,23H2,(H,26,27)/p-1. The predicted molar refractivity (Wildman–Crippen MR) is 109 cm³/mol. The lowest BCUT2D eigenvalue weighted by atomic mass is 9.95. The van der Waals surface area contributed by atoms with Gasteiger partial charge in [0.25, 0.3) is 0 Å². The summed E-state index contributed by atoms with van der Waals surface area (Å²) in [7, 11) is 0. The van der Waals surface area contributed by atoms with Gasteiger partial charge in [-0.05, 0) is 70.5 Å². The SMILES string of the molecule is Nc1cc(-c2ccc3c(c2)C=CN(C2CCN(CS(=O)[O-])CC2)C3)ccc1F. The van der Waals surface area contributed by atoms with Crippen molar-refractivity contribution in [2.24, 2.45) is 0 Å². The van der Waals surface area contributed by atoms with Gasteiger partial charge in [-0.2, -0.15) is 0 Å². The molecule has 4 rings (SSSR count). The van der Waals surface area contributed by atoms with Gasteiger partial charge in [0.1, 0.15) is 5.82 Å². The molecule has 1 fully saturated rings. The summed E-state index contributed by atoms with van der Waals surface area (Å²) in [4.78, 5) is 4.34. The number of nitrogens with zero attached hydrogens (tertiary/aromatic N) is 2. The summed E-state index contributed by atoms with van der Waals surface area (Å²) < 4.78 is 35.1. The van der Waals surface area contributed by atoms with E-state index in [9.17, 15) is 13.2 Å². The van der Waals surface area contributed by atoms with Crippen molar-refractivity contribution in [1.82, 2.24) is 9.80 Å². The first-order valence-electron chi connectivity index (χ1n) is 9.40. The lowest BCUT2D eigenvalue weighted by Crippen LogP contribution is -2.44. The number of hydrogen-bond donors (Lipinski definition) is 1. The minimum Gasteiger partial charge on any atom is -0.771 e. The zero-order valence-corrected chi connectivity index (χ0v) is 16.3. The van der Waals surface area contributed by atoms with Crippen LogP contribution in [0.15, 0.2) is 42.6 Å². The third-order valence-electron chi connectivity index (χ3n) is 5.59. The number of halogens is 1. The van der Waals surface area contributed by atoms with Gasteiger partial charge in [-0.1, -0.05) is 18.2 Å². The molecule has 2 N–H and O–H groups in total. The van der Waals surface area contributed by atoms with Crippen LogP contribution in [0.4, 0.5) is 10.1 Å². The first-order chi connectivity index (χ1) is 13.5. The molecule has 0 aromatic heterocycles. The Morgan fingerprint density at radius 2 is 1.86 bits per heavy atom. The highest BCUT2D eigenvalue weighted by molar-refractivity contribution is 7.79. The molecule has 0 aliphatic carbocycles. The molecule has 7 heteroatoms. The first kappa shape index (κ1) is 19.1. The molecule has 1 unspecified atom stereocenters. The Bertz CT molecular complexity index is 926. The maximum atomic E-state index is 13.4. The molecule has 2 aliphatic rings. The minimum absolute atomic E-state index is 0.127. The zero-order valence-electron chi connectivity index (χ0n) is 15.5. The second-order valence-corrected chi connectivity index (χ2v) is 8.29. The number of anilines is 1. The predicted octanol–water partition coefficient (Wildman–Crippen LogP) is 3.16. The molecule has 2 aromatic carbocycles. The number of fused-ring (bicyclic) bond motifs is 1. The summed E-state index contributed by atoms with van der Waals surface area (Å²) in [6.07, 6.45) is 6.18. The van der Waals surface area contributed by atoms with Crippen LogP contribution in [-0.4, -0.2) is 43.6 Å². The van der Waals surface area contributed by atoms with E-state index in [1.165, 1.54) is 11.6 Å². The lowest BCUT2D eigenvalue weighted by molar-refractivity contribution is 0.149. The molecule has 0 saturated carbocycles. The van der Waals surface area contributed by atoms with E-state index >= 15 is 0 Å². The van der Waals surface area contributed by atoms with Gasteiger partial charge in [0, 0.05) is 31.9 Å². The van der Waals surface area contributed by atoms with Crippen LogP contribution in [0.25, 0.3) is 17.2 Å². The average Bonchev–Trinajstić information content (AvgIpc) is 2.69. The van der Waals surface area contributed by atoms with Crippen molar-refractivity contribution in [1.29, 1.82) is 0 Å². The molecule has 5 nitrogen and oxygen atoms in total. The maximum absolute atomic E-state index is 13.4. The number of piperidine rings is 1. The van der Waals surface area contributed by atoms with Crippen molar-refractivity contribution in [3.05, 3.63) is 59.5 Å². The van der Waals surface area contributed by atoms with E-state index in [1.54, 1.807) is 12.1 Å². The zero-order chi connectivity index (χ0) is 19.7. The van der Waals surface area contributed by atoms with E-state index in [2.05, 4.69) is 35.4 Å². The Balaban J connectivity index is 1.45. The van der Waals surface area contributed by atoms with Crippen molar-refractivity contribution < 1.29 is 13.2 Å². The second-order valence-electron chi connectivity index (χ2n) is 7.42. The number of hydrogen-bond acceptors (Lipinski definition) is 5. The smallest absolute Gasteiger partial charge is 0.146 e. The molecule has 2 heterocycles. The molecule has 2 aliphatic heterocycles. The summed E-state index contributed by atoms with van der Waals surface area (Å²) in [6, 6.07) is 11.5. The number of benzene rings is 2. The van der Waals surface area contributed by atoms with Gasteiger partial charge in [-0.25, -0.2) is 4.39 Å². The molecule has 0 amide bonds. The Morgan fingerprint density at radius 3 is 2.57 bits per heavy atom. The summed E-state index contributed by atoms with van der Waals surface area (Å²) in [5, 5.41) is 0. The largest absolute Gasteiger partial charge is 0.771 e. The molecular formula is C21H23FN3O2S-. The number of likely N-dealkylation sites (tertiary alicyclic amines) is 1. The Kier molecular flexibility index (Phi) is 5.48. The van der Waals surface area contributed by atoms with Crippen LogP contribution in [-0.2, 0) is 17.6 Å². The van der Waals surface area contributed by atoms with E-state index in [4.69, 9.17) is 5.73 Å². The fraction of sp³-hybridized carbons (Fsp3) is 0.333. The highest BCUT2D eigenvalue weighted by Gasteiger charge is 2.24. The molecule has 1 atom stereocenters. The van der Waals surface area contributed by atoms with Gasteiger partial charge in [0.2, 0.25) is 0 Å². The van der Waals surface area contributed by atoms with E-state index in [-0.39, 0.29) is 11.6 Å². The van der Waals surface area contributed by atoms with E-state index < -0.39 is 16.9 Å². The normalized spacial score (nSPS) is 18.9. The summed E-state index contributed by atoms with van der Waals surface area (Å²) in [5.74, 6) is -0.271. The molecule has 0 spiro atoms. The number of nitrogen functional groups attached to an aromatic ring is 1. The summed E-state index contributed by atoms with van der Waals surface area (Å²) >= 11 is -2.01. The van der Waals surface area contributed by atoms with Crippen LogP contribution in [0.2, 0.25) is 0 Å². The van der Waals surface area contributed by atoms with Crippen molar-refractivity contribution in [3.63, 3.8) is 0 Å². The van der Waals surface area contributed by atoms with E-state index in [0.717, 1.165) is 49.2 Å². The van der Waals surface area contributed by atoms with Gasteiger partial charge >= 0.3 is 0 Å². The van der Waals surface area contributed by atoms with Crippen LogP contribution in [0.5, 0.6) is 0 Å². The third kappa shape index (κ3) is 4.11. The topological polar surface area (TPSA) is 72.6 Å². The number of rotatable bonds is 4. The Morgan fingerprint density at radius 1 is 1.14 bits per heavy atom. The van der Waals surface area contributed by atoms with Crippen molar-refractivity contribution in [2.75, 3.05) is 24.7 Å². The van der Waals surface area contributed by atoms with Gasteiger partial charge in [-0.15, -0.1) is 0 Å². The van der Waals surface area contributed by atoms with Crippen molar-refractivity contribution in [3.8, 4) is 11.1 Å². The number of nitrogens with two attached hydrogens (primary N) is 1. The van der Waals surface area contributed by atoms with Crippen LogP contribution in [0.1, 0.15) is 24.0 Å².